The SMILES string of the molecule is CO[C@@H]1[C@H](O)[C@@H](CO)C[C@H]1Nc1cc(Nc2cc(C)nc(C)c2)ncc1-c1nc2ccccc2s1. The van der Waals surface area contributed by atoms with Crippen LogP contribution >= 0.6 is 11.3 Å². The Bertz CT molecular complexity index is 1290. The van der Waals surface area contributed by atoms with E-state index in [0.717, 1.165) is 43.6 Å². The maximum Gasteiger partial charge on any atom is 0.132 e. The summed E-state index contributed by atoms with van der Waals surface area (Å²) in [6, 6.07) is 13.8. The first kappa shape index (κ1) is 23.6. The van der Waals surface area contributed by atoms with Crippen molar-refractivity contribution in [3.05, 3.63) is 60.0 Å². The molecule has 4 aromatic rings. The van der Waals surface area contributed by atoms with Crippen LogP contribution < -0.4 is 10.6 Å². The van der Waals surface area contributed by atoms with E-state index in [1.54, 1.807) is 18.4 Å². The number of aliphatic hydroxyl groups excluding tert-OH is 2. The van der Waals surface area contributed by atoms with Crippen molar-refractivity contribution in [1.29, 1.82) is 0 Å². The van der Waals surface area contributed by atoms with Gasteiger partial charge >= 0.3 is 0 Å². The van der Waals surface area contributed by atoms with Crippen molar-refractivity contribution in [2.45, 2.75) is 38.5 Å². The number of hydrogen-bond acceptors (Lipinski definition) is 9. The molecular formula is C26H29N5O3S. The fourth-order valence-electron chi connectivity index (χ4n) is 4.79. The molecule has 0 unspecified atom stereocenters. The predicted octanol–water partition coefficient (Wildman–Crippen LogP) is 4.28. The molecule has 0 spiro atoms. The van der Waals surface area contributed by atoms with Crippen LogP contribution in [0.1, 0.15) is 17.8 Å². The highest BCUT2D eigenvalue weighted by atomic mass is 32.1. The molecule has 3 aromatic heterocycles. The number of ether oxygens (including phenoxy) is 1. The minimum absolute atomic E-state index is 0.0895. The van der Waals surface area contributed by atoms with Gasteiger partial charge in [-0.3, -0.25) is 4.98 Å². The summed E-state index contributed by atoms with van der Waals surface area (Å²) in [4.78, 5) is 13.9. The number of aliphatic hydroxyl groups is 2. The summed E-state index contributed by atoms with van der Waals surface area (Å²) in [7, 11) is 1.59. The van der Waals surface area contributed by atoms with E-state index in [1.807, 2.05) is 56.4 Å². The number of benzene rings is 1. The molecule has 3 heterocycles. The van der Waals surface area contributed by atoms with Crippen molar-refractivity contribution >= 4 is 38.7 Å². The number of hydrogen-bond donors (Lipinski definition) is 4. The number of pyridine rings is 2. The number of methoxy groups -OCH3 is 1. The Morgan fingerprint density at radius 3 is 2.60 bits per heavy atom. The van der Waals surface area contributed by atoms with Crippen LogP contribution in [-0.4, -0.2) is 57.1 Å². The van der Waals surface area contributed by atoms with E-state index >= 15 is 0 Å². The zero-order chi connectivity index (χ0) is 24.5. The first-order valence-corrected chi connectivity index (χ1v) is 12.4. The van der Waals surface area contributed by atoms with E-state index in [4.69, 9.17) is 9.72 Å². The number of aromatic nitrogens is 3. The van der Waals surface area contributed by atoms with E-state index < -0.39 is 12.2 Å². The van der Waals surface area contributed by atoms with Gasteiger partial charge in [0.15, 0.2) is 0 Å². The molecule has 1 aliphatic carbocycles. The van der Waals surface area contributed by atoms with Gasteiger partial charge in [0.2, 0.25) is 0 Å². The second-order valence-electron chi connectivity index (χ2n) is 8.99. The van der Waals surface area contributed by atoms with Crippen LogP contribution in [0.4, 0.5) is 17.2 Å². The second-order valence-corrected chi connectivity index (χ2v) is 10.0. The third-order valence-electron chi connectivity index (χ3n) is 6.40. The third-order valence-corrected chi connectivity index (χ3v) is 7.47. The Hall–Kier alpha value is -3.11. The Morgan fingerprint density at radius 2 is 1.89 bits per heavy atom. The maximum absolute atomic E-state index is 10.6. The number of aryl methyl sites for hydroxylation is 2. The van der Waals surface area contributed by atoms with Crippen LogP contribution in [0.2, 0.25) is 0 Å². The highest BCUT2D eigenvalue weighted by Crippen LogP contribution is 2.38. The Kier molecular flexibility index (Phi) is 6.66. The molecule has 8 nitrogen and oxygen atoms in total. The van der Waals surface area contributed by atoms with Crippen LogP contribution in [0.15, 0.2) is 48.7 Å². The summed E-state index contributed by atoms with van der Waals surface area (Å²) in [5.74, 6) is 0.430. The smallest absolute Gasteiger partial charge is 0.132 e. The minimum Gasteiger partial charge on any atom is -0.396 e. The van der Waals surface area contributed by atoms with E-state index in [0.29, 0.717) is 12.2 Å². The highest BCUT2D eigenvalue weighted by molar-refractivity contribution is 7.21. The summed E-state index contributed by atoms with van der Waals surface area (Å²) in [5, 5.41) is 28.1. The zero-order valence-corrected chi connectivity index (χ0v) is 20.7. The summed E-state index contributed by atoms with van der Waals surface area (Å²) in [6.45, 7) is 3.83. The standard InChI is InChI=1S/C26H29N5O3S/c1-14-8-17(9-15(2)28-14)29-23-11-20(30-21-10-16(13-32)24(33)25(21)34-3)18(12-27-23)26-31-19-6-4-5-7-22(19)35-26/h4-9,11-12,16,21,24-25,32-33H,10,13H2,1-3H3,(H2,27,28,29,30)/t16-,21-,24-,25+/m1/s1. The quantitative estimate of drug-likeness (QED) is 0.303. The molecule has 0 bridgehead atoms. The van der Waals surface area contributed by atoms with E-state index in [9.17, 15) is 10.2 Å². The molecule has 9 heteroatoms. The topological polar surface area (TPSA) is 112 Å². The van der Waals surface area contributed by atoms with Gasteiger partial charge in [0.1, 0.15) is 16.9 Å². The number of thiazole rings is 1. The molecule has 0 saturated heterocycles. The van der Waals surface area contributed by atoms with Crippen LogP contribution in [-0.2, 0) is 4.74 Å². The molecular weight excluding hydrogens is 462 g/mol. The van der Waals surface area contributed by atoms with Crippen LogP contribution in [0.5, 0.6) is 0 Å². The summed E-state index contributed by atoms with van der Waals surface area (Å²) in [6.07, 6.45) is 1.23. The van der Waals surface area contributed by atoms with Crippen LogP contribution in [0.25, 0.3) is 20.8 Å². The van der Waals surface area contributed by atoms with Crippen molar-refractivity contribution in [3.8, 4) is 10.6 Å². The molecule has 4 atom stereocenters. The van der Waals surface area contributed by atoms with Gasteiger partial charge in [-0.05, 0) is 44.5 Å². The number of anilines is 3. The lowest BCUT2D eigenvalue weighted by Gasteiger charge is -2.24. The lowest BCUT2D eigenvalue weighted by Crippen LogP contribution is -2.37. The van der Waals surface area contributed by atoms with Crippen molar-refractivity contribution in [1.82, 2.24) is 15.0 Å². The Balaban J connectivity index is 1.53. The Labute approximate surface area is 208 Å². The van der Waals surface area contributed by atoms with Crippen molar-refractivity contribution in [2.75, 3.05) is 24.4 Å². The van der Waals surface area contributed by atoms with Gasteiger partial charge in [-0.15, -0.1) is 11.3 Å². The summed E-state index contributed by atoms with van der Waals surface area (Å²) in [5.41, 5.74) is 5.41. The first-order valence-electron chi connectivity index (χ1n) is 11.6. The summed E-state index contributed by atoms with van der Waals surface area (Å²) < 4.78 is 6.71. The molecule has 35 heavy (non-hydrogen) atoms. The summed E-state index contributed by atoms with van der Waals surface area (Å²) >= 11 is 1.61. The van der Waals surface area contributed by atoms with Gasteiger partial charge in [0.25, 0.3) is 0 Å². The number of fused-ring (bicyclic) bond motifs is 1. The maximum atomic E-state index is 10.6. The number of rotatable bonds is 7. The molecule has 0 radical (unpaired) electrons. The van der Waals surface area contributed by atoms with Crippen LogP contribution in [0, 0.1) is 19.8 Å². The van der Waals surface area contributed by atoms with Gasteiger partial charge in [0.05, 0.1) is 27.9 Å². The molecule has 0 aliphatic heterocycles. The van der Waals surface area contributed by atoms with Crippen molar-refractivity contribution in [2.24, 2.45) is 5.92 Å². The fraction of sp³-hybridized carbons (Fsp3) is 0.346. The van der Waals surface area contributed by atoms with Gasteiger partial charge < -0.3 is 25.6 Å². The molecule has 4 N–H and O–H groups in total. The van der Waals surface area contributed by atoms with E-state index in [1.165, 1.54) is 0 Å². The average Bonchev–Trinajstić information content (AvgIpc) is 3.38. The van der Waals surface area contributed by atoms with E-state index in [-0.39, 0.29) is 18.6 Å². The normalized spacial score (nSPS) is 22.0. The van der Waals surface area contributed by atoms with Crippen molar-refractivity contribution < 1.29 is 14.9 Å². The largest absolute Gasteiger partial charge is 0.396 e. The molecule has 182 valence electrons. The van der Waals surface area contributed by atoms with Gasteiger partial charge in [-0.1, -0.05) is 12.1 Å². The Morgan fingerprint density at radius 1 is 1.11 bits per heavy atom. The van der Waals surface area contributed by atoms with Crippen molar-refractivity contribution in [3.63, 3.8) is 0 Å². The lowest BCUT2D eigenvalue weighted by molar-refractivity contribution is -0.0200. The molecule has 1 fully saturated rings. The fourth-order valence-corrected chi connectivity index (χ4v) is 5.78. The molecule has 1 saturated carbocycles. The molecule has 1 aromatic carbocycles. The van der Waals surface area contributed by atoms with Gasteiger partial charge in [-0.2, -0.15) is 0 Å². The van der Waals surface area contributed by atoms with Gasteiger partial charge in [0, 0.05) is 54.7 Å². The lowest BCUT2D eigenvalue weighted by atomic mass is 10.1. The second kappa shape index (κ2) is 9.87. The van der Waals surface area contributed by atoms with Crippen LogP contribution in [0.3, 0.4) is 0 Å². The third kappa shape index (κ3) is 4.85. The van der Waals surface area contributed by atoms with Gasteiger partial charge in [-0.25, -0.2) is 9.97 Å². The average molecular weight is 492 g/mol. The molecule has 1 aliphatic rings. The minimum atomic E-state index is -0.740. The first-order chi connectivity index (χ1) is 16.9. The predicted molar refractivity (Wildman–Crippen MR) is 139 cm³/mol. The zero-order valence-electron chi connectivity index (χ0n) is 19.9. The number of para-hydroxylation sites is 1. The molecule has 0 amide bonds. The molecule has 5 rings (SSSR count). The van der Waals surface area contributed by atoms with E-state index in [2.05, 4.69) is 26.7 Å². The number of nitrogens with zero attached hydrogens (tertiary/aromatic N) is 3. The highest BCUT2D eigenvalue weighted by Gasteiger charge is 2.42. The monoisotopic (exact) mass is 491 g/mol. The number of nitrogens with one attached hydrogen (secondary N) is 2.